The van der Waals surface area contributed by atoms with Crippen LogP contribution in [0, 0.1) is 0 Å². The van der Waals surface area contributed by atoms with Crippen LogP contribution in [0.2, 0.25) is 0 Å². The van der Waals surface area contributed by atoms with Gasteiger partial charge in [-0.25, -0.2) is 0 Å². The molecule has 5 heteroatoms. The lowest BCUT2D eigenvalue weighted by molar-refractivity contribution is -0.161. The Bertz CT molecular complexity index is 990. The van der Waals surface area contributed by atoms with Gasteiger partial charge >= 0.3 is 5.97 Å². The number of aryl methyl sites for hydroxylation is 1. The summed E-state index contributed by atoms with van der Waals surface area (Å²) in [5.41, 5.74) is 3.03. The monoisotopic (exact) mass is 404 g/mol. The molecule has 1 fully saturated rings. The van der Waals surface area contributed by atoms with E-state index in [0.717, 1.165) is 49.9 Å². The SMILES string of the molecule is O=C(CCCc1c[nH]c2ccccc12)OC(C(=O)N1CCCCC1)c1ccccc1. The summed E-state index contributed by atoms with van der Waals surface area (Å²) in [6, 6.07) is 17.5. The van der Waals surface area contributed by atoms with E-state index in [1.54, 1.807) is 0 Å². The minimum atomic E-state index is -0.857. The molecule has 0 bridgehead atoms. The summed E-state index contributed by atoms with van der Waals surface area (Å²) >= 11 is 0. The molecule has 5 nitrogen and oxygen atoms in total. The van der Waals surface area contributed by atoms with Crippen molar-refractivity contribution in [2.24, 2.45) is 0 Å². The molecule has 0 radical (unpaired) electrons. The number of esters is 1. The number of likely N-dealkylation sites (tertiary alicyclic amines) is 1. The van der Waals surface area contributed by atoms with Crippen LogP contribution in [0.5, 0.6) is 0 Å². The second-order valence-corrected chi connectivity index (χ2v) is 7.88. The van der Waals surface area contributed by atoms with E-state index in [4.69, 9.17) is 4.74 Å². The van der Waals surface area contributed by atoms with E-state index in [0.29, 0.717) is 6.42 Å². The number of ether oxygens (including phenoxy) is 1. The fraction of sp³-hybridized carbons (Fsp3) is 0.360. The van der Waals surface area contributed by atoms with Crippen molar-refractivity contribution in [3.05, 3.63) is 71.9 Å². The van der Waals surface area contributed by atoms with E-state index < -0.39 is 6.10 Å². The zero-order chi connectivity index (χ0) is 20.8. The number of rotatable bonds is 7. The van der Waals surface area contributed by atoms with Crippen molar-refractivity contribution < 1.29 is 14.3 Å². The largest absolute Gasteiger partial charge is 0.447 e. The molecule has 0 saturated carbocycles. The highest BCUT2D eigenvalue weighted by atomic mass is 16.5. The molecule has 1 N–H and O–H groups in total. The zero-order valence-electron chi connectivity index (χ0n) is 17.2. The molecular weight excluding hydrogens is 376 g/mol. The van der Waals surface area contributed by atoms with Gasteiger partial charge in [-0.3, -0.25) is 9.59 Å². The first-order valence-corrected chi connectivity index (χ1v) is 10.8. The van der Waals surface area contributed by atoms with Crippen molar-refractivity contribution >= 4 is 22.8 Å². The van der Waals surface area contributed by atoms with Gasteiger partial charge in [-0.2, -0.15) is 0 Å². The second-order valence-electron chi connectivity index (χ2n) is 7.88. The maximum absolute atomic E-state index is 13.1. The number of aromatic nitrogens is 1. The zero-order valence-corrected chi connectivity index (χ0v) is 17.2. The number of benzene rings is 2. The highest BCUT2D eigenvalue weighted by Crippen LogP contribution is 2.24. The van der Waals surface area contributed by atoms with Crippen molar-refractivity contribution in [2.45, 2.75) is 44.6 Å². The summed E-state index contributed by atoms with van der Waals surface area (Å²) in [5, 5.41) is 1.19. The Morgan fingerprint density at radius 3 is 2.50 bits per heavy atom. The Labute approximate surface area is 177 Å². The summed E-state index contributed by atoms with van der Waals surface area (Å²) in [6.07, 6.45) is 6.06. The predicted molar refractivity (Wildman–Crippen MR) is 117 cm³/mol. The minimum Gasteiger partial charge on any atom is -0.447 e. The third-order valence-electron chi connectivity index (χ3n) is 5.75. The summed E-state index contributed by atoms with van der Waals surface area (Å²) in [5.74, 6) is -0.431. The average Bonchev–Trinajstić information content (AvgIpc) is 3.21. The molecule has 1 unspecified atom stereocenters. The Morgan fingerprint density at radius 1 is 0.967 bits per heavy atom. The van der Waals surface area contributed by atoms with Crippen LogP contribution in [-0.4, -0.2) is 34.8 Å². The van der Waals surface area contributed by atoms with Crippen LogP contribution >= 0.6 is 0 Å². The van der Waals surface area contributed by atoms with Gasteiger partial charge in [0.15, 0.2) is 0 Å². The number of nitrogens with zero attached hydrogens (tertiary/aromatic N) is 1. The van der Waals surface area contributed by atoms with Crippen molar-refractivity contribution in [2.75, 3.05) is 13.1 Å². The van der Waals surface area contributed by atoms with Gasteiger partial charge in [0.1, 0.15) is 0 Å². The number of aromatic amines is 1. The average molecular weight is 405 g/mol. The van der Waals surface area contributed by atoms with Crippen LogP contribution < -0.4 is 0 Å². The second kappa shape index (κ2) is 9.61. The minimum absolute atomic E-state index is 0.106. The first kappa shape index (κ1) is 20.2. The predicted octanol–water partition coefficient (Wildman–Crippen LogP) is 4.79. The number of amides is 1. The third-order valence-corrected chi connectivity index (χ3v) is 5.75. The molecule has 1 atom stereocenters. The fourth-order valence-corrected chi connectivity index (χ4v) is 4.12. The van der Waals surface area contributed by atoms with Gasteiger partial charge in [0.2, 0.25) is 6.10 Å². The molecule has 1 amide bonds. The molecule has 1 aliphatic rings. The molecule has 0 aliphatic carbocycles. The van der Waals surface area contributed by atoms with Gasteiger partial charge < -0.3 is 14.6 Å². The first-order valence-electron chi connectivity index (χ1n) is 10.8. The summed E-state index contributed by atoms with van der Waals surface area (Å²) < 4.78 is 5.72. The summed E-state index contributed by atoms with van der Waals surface area (Å²) in [6.45, 7) is 1.47. The fourth-order valence-electron chi connectivity index (χ4n) is 4.12. The maximum Gasteiger partial charge on any atom is 0.306 e. The maximum atomic E-state index is 13.1. The smallest absolute Gasteiger partial charge is 0.306 e. The number of piperidine rings is 1. The standard InChI is InChI=1S/C25H28N2O3/c28-23(15-9-12-20-18-26-22-14-6-5-13-21(20)22)30-24(19-10-3-1-4-11-19)25(29)27-16-7-2-8-17-27/h1,3-6,10-11,13-14,18,24,26H,2,7-9,12,15-17H2. The third kappa shape index (κ3) is 4.73. The number of carbonyl (C=O) groups excluding carboxylic acids is 2. The normalized spacial score (nSPS) is 15.1. The van der Waals surface area contributed by atoms with Crippen LogP contribution in [0.25, 0.3) is 10.9 Å². The van der Waals surface area contributed by atoms with Crippen LogP contribution in [0.1, 0.15) is 49.3 Å². The first-order chi connectivity index (χ1) is 14.7. The molecule has 156 valence electrons. The van der Waals surface area contributed by atoms with Gasteiger partial charge in [0, 0.05) is 42.2 Å². The highest BCUT2D eigenvalue weighted by molar-refractivity contribution is 5.85. The lowest BCUT2D eigenvalue weighted by Crippen LogP contribution is -2.40. The lowest BCUT2D eigenvalue weighted by atomic mass is 10.1. The van der Waals surface area contributed by atoms with E-state index in [1.807, 2.05) is 59.6 Å². The molecule has 1 saturated heterocycles. The van der Waals surface area contributed by atoms with E-state index in [1.165, 1.54) is 10.9 Å². The van der Waals surface area contributed by atoms with Crippen molar-refractivity contribution in [3.8, 4) is 0 Å². The molecule has 1 aromatic heterocycles. The highest BCUT2D eigenvalue weighted by Gasteiger charge is 2.30. The van der Waals surface area contributed by atoms with Gasteiger partial charge in [-0.15, -0.1) is 0 Å². The van der Waals surface area contributed by atoms with Gasteiger partial charge in [-0.05, 0) is 43.7 Å². The molecule has 30 heavy (non-hydrogen) atoms. The molecule has 2 aromatic carbocycles. The quantitative estimate of drug-likeness (QED) is 0.576. The molecule has 1 aliphatic heterocycles. The van der Waals surface area contributed by atoms with Crippen LogP contribution in [-0.2, 0) is 20.7 Å². The Morgan fingerprint density at radius 2 is 1.70 bits per heavy atom. The van der Waals surface area contributed by atoms with E-state index in [2.05, 4.69) is 11.1 Å². The number of nitrogens with one attached hydrogen (secondary N) is 1. The van der Waals surface area contributed by atoms with Crippen LogP contribution in [0.4, 0.5) is 0 Å². The number of hydrogen-bond acceptors (Lipinski definition) is 3. The Hall–Kier alpha value is -3.08. The van der Waals surface area contributed by atoms with E-state index in [-0.39, 0.29) is 18.3 Å². The van der Waals surface area contributed by atoms with Crippen LogP contribution in [0.15, 0.2) is 60.8 Å². The lowest BCUT2D eigenvalue weighted by Gasteiger charge is -2.30. The molecule has 0 spiro atoms. The van der Waals surface area contributed by atoms with Crippen LogP contribution in [0.3, 0.4) is 0 Å². The number of H-pyrrole nitrogens is 1. The number of fused-ring (bicyclic) bond motifs is 1. The summed E-state index contributed by atoms with van der Waals surface area (Å²) in [7, 11) is 0. The summed E-state index contributed by atoms with van der Waals surface area (Å²) in [4.78, 5) is 30.8. The van der Waals surface area contributed by atoms with Crippen molar-refractivity contribution in [1.82, 2.24) is 9.88 Å². The van der Waals surface area contributed by atoms with Crippen molar-refractivity contribution in [1.29, 1.82) is 0 Å². The molecular formula is C25H28N2O3. The Kier molecular flexibility index (Phi) is 6.47. The van der Waals surface area contributed by atoms with Gasteiger partial charge in [0.05, 0.1) is 0 Å². The topological polar surface area (TPSA) is 62.4 Å². The number of carbonyl (C=O) groups is 2. The van der Waals surface area contributed by atoms with Crippen molar-refractivity contribution in [3.63, 3.8) is 0 Å². The Balaban J connectivity index is 1.38. The van der Waals surface area contributed by atoms with E-state index in [9.17, 15) is 9.59 Å². The van der Waals surface area contributed by atoms with E-state index >= 15 is 0 Å². The molecule has 3 aromatic rings. The van der Waals surface area contributed by atoms with Gasteiger partial charge in [-0.1, -0.05) is 48.5 Å². The molecule has 4 rings (SSSR count). The number of para-hydroxylation sites is 1. The molecule has 2 heterocycles. The number of hydrogen-bond donors (Lipinski definition) is 1. The van der Waals surface area contributed by atoms with Gasteiger partial charge in [0.25, 0.3) is 5.91 Å².